The average Bonchev–Trinajstić information content (AvgIpc) is 2.55. The summed E-state index contributed by atoms with van der Waals surface area (Å²) in [6.45, 7) is 0.557. The second-order valence-electron chi connectivity index (χ2n) is 5.41. The van der Waals surface area contributed by atoms with Gasteiger partial charge in [0, 0.05) is 23.4 Å². The van der Waals surface area contributed by atoms with Crippen molar-refractivity contribution < 1.29 is 22.8 Å². The molecule has 3 rings (SSSR count). The van der Waals surface area contributed by atoms with Crippen molar-refractivity contribution in [3.8, 4) is 0 Å². The van der Waals surface area contributed by atoms with E-state index in [1.54, 1.807) is 12.1 Å². The molecule has 0 saturated carbocycles. The maximum absolute atomic E-state index is 12.7. The van der Waals surface area contributed by atoms with Gasteiger partial charge in [-0.25, -0.2) is 0 Å². The SMILES string of the molecule is O=C(Nc1ccc2c(c1)C(=O)NCC2)c1cccc(C(F)(F)F)c1. The van der Waals surface area contributed by atoms with Crippen LogP contribution in [0, 0.1) is 0 Å². The van der Waals surface area contributed by atoms with Gasteiger partial charge in [0.2, 0.25) is 0 Å². The van der Waals surface area contributed by atoms with E-state index in [2.05, 4.69) is 10.6 Å². The van der Waals surface area contributed by atoms with Gasteiger partial charge >= 0.3 is 6.18 Å². The molecule has 0 aromatic heterocycles. The Hall–Kier alpha value is -2.83. The van der Waals surface area contributed by atoms with Crippen LogP contribution in [0.4, 0.5) is 18.9 Å². The van der Waals surface area contributed by atoms with Crippen LogP contribution in [0.15, 0.2) is 42.5 Å². The summed E-state index contributed by atoms with van der Waals surface area (Å²) >= 11 is 0. The van der Waals surface area contributed by atoms with E-state index in [1.165, 1.54) is 18.2 Å². The summed E-state index contributed by atoms with van der Waals surface area (Å²) in [5, 5.41) is 5.22. The molecule has 124 valence electrons. The number of benzene rings is 2. The van der Waals surface area contributed by atoms with Crippen LogP contribution < -0.4 is 10.6 Å². The quantitative estimate of drug-likeness (QED) is 0.886. The van der Waals surface area contributed by atoms with Gasteiger partial charge in [0.05, 0.1) is 5.56 Å². The van der Waals surface area contributed by atoms with Gasteiger partial charge in [-0.3, -0.25) is 9.59 Å². The summed E-state index contributed by atoms with van der Waals surface area (Å²) in [5.74, 6) is -0.899. The lowest BCUT2D eigenvalue weighted by atomic mass is 9.99. The number of carbonyl (C=O) groups excluding carboxylic acids is 2. The molecule has 0 saturated heterocycles. The largest absolute Gasteiger partial charge is 0.416 e. The van der Waals surface area contributed by atoms with Crippen LogP contribution in [0.3, 0.4) is 0 Å². The number of amides is 2. The molecular formula is C17H13F3N2O2. The molecule has 0 atom stereocenters. The molecule has 1 heterocycles. The van der Waals surface area contributed by atoms with Gasteiger partial charge in [-0.1, -0.05) is 12.1 Å². The second kappa shape index (κ2) is 5.99. The van der Waals surface area contributed by atoms with Gasteiger partial charge in [-0.15, -0.1) is 0 Å². The summed E-state index contributed by atoms with van der Waals surface area (Å²) < 4.78 is 38.1. The molecule has 2 aromatic rings. The number of nitrogens with one attached hydrogen (secondary N) is 2. The number of alkyl halides is 3. The Kier molecular flexibility index (Phi) is 4.01. The number of hydrogen-bond acceptors (Lipinski definition) is 2. The summed E-state index contributed by atoms with van der Waals surface area (Å²) in [6.07, 6.45) is -3.82. The smallest absolute Gasteiger partial charge is 0.352 e. The van der Waals surface area contributed by atoms with Gasteiger partial charge in [0.15, 0.2) is 0 Å². The first-order valence-corrected chi connectivity index (χ1v) is 7.24. The molecular weight excluding hydrogens is 321 g/mol. The van der Waals surface area contributed by atoms with E-state index in [9.17, 15) is 22.8 Å². The summed E-state index contributed by atoms with van der Waals surface area (Å²) in [4.78, 5) is 24.0. The Morgan fingerprint density at radius 1 is 1.12 bits per heavy atom. The van der Waals surface area contributed by atoms with Crippen LogP contribution in [-0.2, 0) is 12.6 Å². The first kappa shape index (κ1) is 16.0. The van der Waals surface area contributed by atoms with E-state index >= 15 is 0 Å². The number of halogens is 3. The van der Waals surface area contributed by atoms with Crippen LogP contribution in [-0.4, -0.2) is 18.4 Å². The number of fused-ring (bicyclic) bond motifs is 1. The van der Waals surface area contributed by atoms with Crippen molar-refractivity contribution in [2.24, 2.45) is 0 Å². The van der Waals surface area contributed by atoms with E-state index in [0.29, 0.717) is 24.2 Å². The Labute approximate surface area is 135 Å². The van der Waals surface area contributed by atoms with Gasteiger partial charge in [-0.05, 0) is 42.3 Å². The van der Waals surface area contributed by atoms with Crippen molar-refractivity contribution in [3.05, 3.63) is 64.7 Å². The van der Waals surface area contributed by atoms with Crippen molar-refractivity contribution in [2.45, 2.75) is 12.6 Å². The molecule has 7 heteroatoms. The minimum atomic E-state index is -4.51. The molecule has 2 N–H and O–H groups in total. The summed E-state index contributed by atoms with van der Waals surface area (Å²) in [7, 11) is 0. The van der Waals surface area contributed by atoms with Gasteiger partial charge in [0.1, 0.15) is 0 Å². The van der Waals surface area contributed by atoms with Gasteiger partial charge < -0.3 is 10.6 Å². The Morgan fingerprint density at radius 2 is 1.92 bits per heavy atom. The normalized spacial score (nSPS) is 13.9. The molecule has 0 spiro atoms. The minimum Gasteiger partial charge on any atom is -0.352 e. The molecule has 1 aliphatic heterocycles. The van der Waals surface area contributed by atoms with Crippen LogP contribution in [0.2, 0.25) is 0 Å². The highest BCUT2D eigenvalue weighted by Gasteiger charge is 2.30. The van der Waals surface area contributed by atoms with Crippen LogP contribution >= 0.6 is 0 Å². The van der Waals surface area contributed by atoms with Crippen LogP contribution in [0.25, 0.3) is 0 Å². The molecule has 4 nitrogen and oxygen atoms in total. The van der Waals surface area contributed by atoms with Crippen molar-refractivity contribution in [1.29, 1.82) is 0 Å². The maximum Gasteiger partial charge on any atom is 0.416 e. The molecule has 0 radical (unpaired) electrons. The third-order valence-electron chi connectivity index (χ3n) is 3.74. The zero-order chi connectivity index (χ0) is 17.3. The predicted octanol–water partition coefficient (Wildman–Crippen LogP) is 3.24. The fourth-order valence-corrected chi connectivity index (χ4v) is 2.53. The van der Waals surface area contributed by atoms with Crippen molar-refractivity contribution in [3.63, 3.8) is 0 Å². The van der Waals surface area contributed by atoms with E-state index in [1.807, 2.05) is 0 Å². The first-order chi connectivity index (χ1) is 11.3. The Bertz CT molecular complexity index is 816. The third kappa shape index (κ3) is 3.24. The van der Waals surface area contributed by atoms with E-state index in [0.717, 1.165) is 17.7 Å². The van der Waals surface area contributed by atoms with Crippen molar-refractivity contribution >= 4 is 17.5 Å². The molecule has 0 aliphatic carbocycles. The lowest BCUT2D eigenvalue weighted by molar-refractivity contribution is -0.137. The zero-order valence-electron chi connectivity index (χ0n) is 12.4. The number of anilines is 1. The van der Waals surface area contributed by atoms with E-state index in [-0.39, 0.29) is 11.5 Å². The van der Waals surface area contributed by atoms with E-state index in [4.69, 9.17) is 0 Å². The molecule has 24 heavy (non-hydrogen) atoms. The van der Waals surface area contributed by atoms with Crippen molar-refractivity contribution in [1.82, 2.24) is 5.32 Å². The van der Waals surface area contributed by atoms with Crippen LogP contribution in [0.5, 0.6) is 0 Å². The number of carbonyl (C=O) groups is 2. The maximum atomic E-state index is 12.7. The van der Waals surface area contributed by atoms with Gasteiger partial charge in [-0.2, -0.15) is 13.2 Å². The summed E-state index contributed by atoms with van der Waals surface area (Å²) in [5.41, 5.74) is 0.694. The minimum absolute atomic E-state index is 0.105. The fraction of sp³-hybridized carbons (Fsp3) is 0.176. The Morgan fingerprint density at radius 3 is 2.67 bits per heavy atom. The molecule has 2 amide bonds. The fourth-order valence-electron chi connectivity index (χ4n) is 2.53. The first-order valence-electron chi connectivity index (χ1n) is 7.24. The highest BCUT2D eigenvalue weighted by Crippen LogP contribution is 2.29. The van der Waals surface area contributed by atoms with Crippen molar-refractivity contribution in [2.75, 3.05) is 11.9 Å². The van der Waals surface area contributed by atoms with Gasteiger partial charge in [0.25, 0.3) is 11.8 Å². The third-order valence-corrected chi connectivity index (χ3v) is 3.74. The molecule has 0 unspecified atom stereocenters. The standard InChI is InChI=1S/C17H13F3N2O2/c18-17(19,20)12-3-1-2-11(8-12)15(23)22-13-5-4-10-6-7-21-16(24)14(10)9-13/h1-5,8-9H,6-7H2,(H,21,24)(H,22,23). The molecule has 0 fully saturated rings. The summed E-state index contributed by atoms with van der Waals surface area (Å²) in [6, 6.07) is 9.06. The van der Waals surface area contributed by atoms with Crippen LogP contribution in [0.1, 0.15) is 31.8 Å². The highest BCUT2D eigenvalue weighted by molar-refractivity contribution is 6.05. The zero-order valence-corrected chi connectivity index (χ0v) is 12.4. The molecule has 0 bridgehead atoms. The predicted molar refractivity (Wildman–Crippen MR) is 81.9 cm³/mol. The monoisotopic (exact) mass is 334 g/mol. The number of rotatable bonds is 2. The molecule has 1 aliphatic rings. The number of hydrogen-bond donors (Lipinski definition) is 2. The lowest BCUT2D eigenvalue weighted by Gasteiger charge is -2.17. The average molecular weight is 334 g/mol. The highest BCUT2D eigenvalue weighted by atomic mass is 19.4. The molecule has 2 aromatic carbocycles. The topological polar surface area (TPSA) is 58.2 Å². The lowest BCUT2D eigenvalue weighted by Crippen LogP contribution is -2.31. The second-order valence-corrected chi connectivity index (χ2v) is 5.41. The Balaban J connectivity index is 1.83. The van der Waals surface area contributed by atoms with E-state index < -0.39 is 17.6 Å².